The number of rotatable bonds is 3. The molecule has 1 aromatic rings. The lowest BCUT2D eigenvalue weighted by molar-refractivity contribution is 0.0886. The van der Waals surface area contributed by atoms with E-state index in [4.69, 9.17) is 0 Å². The van der Waals surface area contributed by atoms with Gasteiger partial charge in [0.15, 0.2) is 0 Å². The molecule has 0 spiro atoms. The van der Waals surface area contributed by atoms with Crippen molar-refractivity contribution in [3.63, 3.8) is 0 Å². The third kappa shape index (κ3) is 3.67. The first-order valence-electron chi connectivity index (χ1n) is 6.65. The van der Waals surface area contributed by atoms with E-state index in [-0.39, 0.29) is 16.9 Å². The number of likely N-dealkylation sites (tertiary alicyclic amines) is 1. The molecule has 0 radical (unpaired) electrons. The van der Waals surface area contributed by atoms with Crippen molar-refractivity contribution in [1.29, 1.82) is 0 Å². The lowest BCUT2D eigenvalue weighted by atomic mass is 9.80. The Morgan fingerprint density at radius 3 is 2.74 bits per heavy atom. The van der Waals surface area contributed by atoms with Gasteiger partial charge in [-0.2, -0.15) is 0 Å². The van der Waals surface area contributed by atoms with Crippen molar-refractivity contribution >= 4 is 5.91 Å². The largest absolute Gasteiger partial charge is 0.350 e. The van der Waals surface area contributed by atoms with Crippen LogP contribution < -0.4 is 10.9 Å². The van der Waals surface area contributed by atoms with Crippen LogP contribution in [0.1, 0.15) is 30.3 Å². The van der Waals surface area contributed by atoms with Crippen LogP contribution >= 0.6 is 0 Å². The molecule has 19 heavy (non-hydrogen) atoms. The second-order valence-corrected chi connectivity index (χ2v) is 5.73. The van der Waals surface area contributed by atoms with E-state index in [0.717, 1.165) is 25.9 Å². The van der Waals surface area contributed by atoms with Gasteiger partial charge >= 0.3 is 0 Å². The van der Waals surface area contributed by atoms with Crippen LogP contribution in [0.2, 0.25) is 0 Å². The van der Waals surface area contributed by atoms with E-state index in [1.165, 1.54) is 6.07 Å². The number of nitrogens with one attached hydrogen (secondary N) is 2. The lowest BCUT2D eigenvalue weighted by Crippen LogP contribution is -2.43. The third-order valence-corrected chi connectivity index (χ3v) is 3.88. The van der Waals surface area contributed by atoms with Gasteiger partial charge in [0.05, 0.1) is 0 Å². The standard InChI is InChI=1S/C14H21N3O2/c1-14(6-8-17(2)9-7-14)10-15-13(19)11-4-3-5-12(18)16-11/h3-5H,6-10H2,1-2H3,(H,15,19)(H,16,18). The predicted octanol–water partition coefficient (Wildman–Crippen LogP) is 0.837. The van der Waals surface area contributed by atoms with Crippen molar-refractivity contribution in [2.24, 2.45) is 5.41 Å². The molecule has 0 atom stereocenters. The summed E-state index contributed by atoms with van der Waals surface area (Å²) in [6.45, 7) is 4.98. The van der Waals surface area contributed by atoms with Crippen LogP contribution in [0.25, 0.3) is 0 Å². The summed E-state index contributed by atoms with van der Waals surface area (Å²) in [5.74, 6) is -0.210. The van der Waals surface area contributed by atoms with Crippen LogP contribution in [-0.4, -0.2) is 42.5 Å². The molecule has 2 rings (SSSR count). The summed E-state index contributed by atoms with van der Waals surface area (Å²) in [6, 6.07) is 4.60. The van der Waals surface area contributed by atoms with Crippen LogP contribution in [0.5, 0.6) is 0 Å². The Bertz CT molecular complexity index is 501. The molecule has 0 unspecified atom stereocenters. The number of carbonyl (C=O) groups excluding carboxylic acids is 1. The summed E-state index contributed by atoms with van der Waals surface area (Å²) in [5.41, 5.74) is 0.222. The van der Waals surface area contributed by atoms with Crippen molar-refractivity contribution in [2.45, 2.75) is 19.8 Å². The van der Waals surface area contributed by atoms with Crippen LogP contribution in [0.4, 0.5) is 0 Å². The Balaban J connectivity index is 1.92. The maximum Gasteiger partial charge on any atom is 0.267 e. The molecule has 2 N–H and O–H groups in total. The van der Waals surface area contributed by atoms with Crippen LogP contribution in [0, 0.1) is 5.41 Å². The summed E-state index contributed by atoms with van der Waals surface area (Å²) in [4.78, 5) is 28.0. The van der Waals surface area contributed by atoms with Crippen molar-refractivity contribution < 1.29 is 4.79 Å². The van der Waals surface area contributed by atoms with E-state index in [0.29, 0.717) is 12.2 Å². The number of carbonyl (C=O) groups is 1. The van der Waals surface area contributed by atoms with Crippen molar-refractivity contribution in [1.82, 2.24) is 15.2 Å². The first-order valence-corrected chi connectivity index (χ1v) is 6.65. The highest BCUT2D eigenvalue weighted by molar-refractivity contribution is 5.92. The number of aromatic amines is 1. The third-order valence-electron chi connectivity index (χ3n) is 3.88. The summed E-state index contributed by atoms with van der Waals surface area (Å²) < 4.78 is 0. The van der Waals surface area contributed by atoms with Gasteiger partial charge in [-0.15, -0.1) is 0 Å². The van der Waals surface area contributed by atoms with Crippen molar-refractivity contribution in [2.75, 3.05) is 26.7 Å². The maximum absolute atomic E-state index is 12.0. The highest BCUT2D eigenvalue weighted by Gasteiger charge is 2.29. The monoisotopic (exact) mass is 263 g/mol. The molecule has 0 aliphatic carbocycles. The summed E-state index contributed by atoms with van der Waals surface area (Å²) in [5, 5.41) is 2.92. The molecule has 1 aliphatic heterocycles. The van der Waals surface area contributed by atoms with Crippen LogP contribution in [0.15, 0.2) is 23.0 Å². The van der Waals surface area contributed by atoms with Gasteiger partial charge in [-0.25, -0.2) is 0 Å². The lowest BCUT2D eigenvalue weighted by Gasteiger charge is -2.37. The van der Waals surface area contributed by atoms with Gasteiger partial charge < -0.3 is 15.2 Å². The van der Waals surface area contributed by atoms with E-state index in [1.807, 2.05) is 0 Å². The Morgan fingerprint density at radius 2 is 2.11 bits per heavy atom. The number of pyridine rings is 1. The summed E-state index contributed by atoms with van der Waals surface area (Å²) in [6.07, 6.45) is 2.16. The molecule has 104 valence electrons. The van der Waals surface area contributed by atoms with Gasteiger partial charge in [0.25, 0.3) is 5.91 Å². The average molecular weight is 263 g/mol. The van der Waals surface area contributed by atoms with E-state index >= 15 is 0 Å². The molecule has 0 aromatic carbocycles. The molecule has 0 bridgehead atoms. The summed E-state index contributed by atoms with van der Waals surface area (Å²) in [7, 11) is 2.12. The maximum atomic E-state index is 12.0. The molecular weight excluding hydrogens is 242 g/mol. The zero-order chi connectivity index (χ0) is 13.9. The minimum Gasteiger partial charge on any atom is -0.350 e. The molecule has 1 amide bonds. The van der Waals surface area contributed by atoms with E-state index in [9.17, 15) is 9.59 Å². The topological polar surface area (TPSA) is 65.2 Å². The Morgan fingerprint density at radius 1 is 1.42 bits per heavy atom. The Hall–Kier alpha value is -1.62. The smallest absolute Gasteiger partial charge is 0.267 e. The van der Waals surface area contributed by atoms with E-state index in [1.54, 1.807) is 12.1 Å². The molecule has 1 saturated heterocycles. The second kappa shape index (κ2) is 5.57. The molecule has 5 nitrogen and oxygen atoms in total. The number of H-pyrrole nitrogens is 1. The number of hydrogen-bond donors (Lipinski definition) is 2. The number of amides is 1. The molecular formula is C14H21N3O2. The zero-order valence-electron chi connectivity index (χ0n) is 11.5. The molecule has 5 heteroatoms. The highest BCUT2D eigenvalue weighted by atomic mass is 16.2. The van der Waals surface area contributed by atoms with Gasteiger partial charge in [-0.05, 0) is 44.5 Å². The van der Waals surface area contributed by atoms with Crippen molar-refractivity contribution in [3.8, 4) is 0 Å². The Kier molecular flexibility index (Phi) is 4.04. The fourth-order valence-corrected chi connectivity index (χ4v) is 2.30. The number of aromatic nitrogens is 1. The first kappa shape index (κ1) is 13.8. The summed E-state index contributed by atoms with van der Waals surface area (Å²) >= 11 is 0. The molecule has 1 fully saturated rings. The van der Waals surface area contributed by atoms with Crippen LogP contribution in [0.3, 0.4) is 0 Å². The molecule has 1 aromatic heterocycles. The quantitative estimate of drug-likeness (QED) is 0.849. The van der Waals surface area contributed by atoms with Gasteiger partial charge in [0, 0.05) is 12.6 Å². The van der Waals surface area contributed by atoms with Gasteiger partial charge in [-0.1, -0.05) is 13.0 Å². The van der Waals surface area contributed by atoms with Gasteiger partial charge in [0.1, 0.15) is 5.69 Å². The number of nitrogens with zero attached hydrogens (tertiary/aromatic N) is 1. The zero-order valence-corrected chi connectivity index (χ0v) is 11.5. The molecule has 2 heterocycles. The minimum absolute atomic E-state index is 0.150. The SMILES string of the molecule is CN1CCC(C)(CNC(=O)c2cccc(=O)[nH]2)CC1. The number of piperidine rings is 1. The first-order chi connectivity index (χ1) is 8.98. The van der Waals surface area contributed by atoms with Crippen LogP contribution in [-0.2, 0) is 0 Å². The van der Waals surface area contributed by atoms with Gasteiger partial charge in [-0.3, -0.25) is 9.59 Å². The van der Waals surface area contributed by atoms with Crippen molar-refractivity contribution in [3.05, 3.63) is 34.2 Å². The normalized spacial score (nSPS) is 19.1. The highest BCUT2D eigenvalue weighted by Crippen LogP contribution is 2.29. The van der Waals surface area contributed by atoms with E-state index in [2.05, 4.69) is 29.2 Å². The molecule has 0 saturated carbocycles. The minimum atomic E-state index is -0.252. The average Bonchev–Trinajstić information content (AvgIpc) is 2.40. The van der Waals surface area contributed by atoms with E-state index < -0.39 is 0 Å². The fourth-order valence-electron chi connectivity index (χ4n) is 2.30. The second-order valence-electron chi connectivity index (χ2n) is 5.73. The van der Waals surface area contributed by atoms with Gasteiger partial charge in [0.2, 0.25) is 5.56 Å². The molecule has 1 aliphatic rings. The number of hydrogen-bond acceptors (Lipinski definition) is 3. The predicted molar refractivity (Wildman–Crippen MR) is 74.2 cm³/mol. The fraction of sp³-hybridized carbons (Fsp3) is 0.571. The Labute approximate surface area is 113 Å².